The molecule has 96 valence electrons. The van der Waals surface area contributed by atoms with Crippen molar-refractivity contribution < 1.29 is 4.52 Å². The van der Waals surface area contributed by atoms with Gasteiger partial charge in [-0.15, -0.1) is 11.3 Å². The fourth-order valence-corrected chi connectivity index (χ4v) is 2.68. The molecule has 1 N–H and O–H groups in total. The third-order valence-electron chi connectivity index (χ3n) is 3.23. The molecule has 0 radical (unpaired) electrons. The lowest BCUT2D eigenvalue weighted by Crippen LogP contribution is -2.56. The molecule has 0 saturated carbocycles. The average Bonchev–Trinajstić information content (AvgIpc) is 2.95. The number of hydrogen-bond acceptors (Lipinski definition) is 6. The highest BCUT2D eigenvalue weighted by atomic mass is 32.1. The SMILES string of the molecule is CCN(Cc1noc(-c2cccs2)n1)C1CNC1. The molecule has 0 spiro atoms. The average molecular weight is 264 g/mol. The van der Waals surface area contributed by atoms with E-state index in [1.165, 1.54) is 0 Å². The summed E-state index contributed by atoms with van der Waals surface area (Å²) in [6.07, 6.45) is 0. The molecule has 0 unspecified atom stereocenters. The lowest BCUT2D eigenvalue weighted by atomic mass is 10.1. The van der Waals surface area contributed by atoms with Crippen molar-refractivity contribution in [2.24, 2.45) is 0 Å². The van der Waals surface area contributed by atoms with E-state index in [9.17, 15) is 0 Å². The van der Waals surface area contributed by atoms with E-state index in [0.717, 1.165) is 36.9 Å². The summed E-state index contributed by atoms with van der Waals surface area (Å²) in [5.41, 5.74) is 0. The summed E-state index contributed by atoms with van der Waals surface area (Å²) in [7, 11) is 0. The van der Waals surface area contributed by atoms with Crippen molar-refractivity contribution in [2.75, 3.05) is 19.6 Å². The first-order valence-electron chi connectivity index (χ1n) is 6.18. The number of likely N-dealkylation sites (N-methyl/N-ethyl adjacent to an activating group) is 1. The molecule has 6 heteroatoms. The Labute approximate surface area is 110 Å². The summed E-state index contributed by atoms with van der Waals surface area (Å²) in [6, 6.07) is 4.59. The molecule has 0 aromatic carbocycles. The minimum Gasteiger partial charge on any atom is -0.333 e. The summed E-state index contributed by atoms with van der Waals surface area (Å²) >= 11 is 1.62. The second-order valence-electron chi connectivity index (χ2n) is 4.37. The van der Waals surface area contributed by atoms with Crippen molar-refractivity contribution >= 4 is 11.3 Å². The van der Waals surface area contributed by atoms with Crippen LogP contribution in [0.25, 0.3) is 10.8 Å². The van der Waals surface area contributed by atoms with Crippen LogP contribution in [0.5, 0.6) is 0 Å². The fraction of sp³-hybridized carbons (Fsp3) is 0.500. The quantitative estimate of drug-likeness (QED) is 0.889. The number of nitrogens with zero attached hydrogens (tertiary/aromatic N) is 3. The minimum absolute atomic E-state index is 0.610. The Kier molecular flexibility index (Phi) is 3.40. The van der Waals surface area contributed by atoms with Gasteiger partial charge in [0, 0.05) is 19.1 Å². The predicted molar refractivity (Wildman–Crippen MR) is 70.4 cm³/mol. The number of aromatic nitrogens is 2. The molecule has 0 amide bonds. The Hall–Kier alpha value is -1.24. The summed E-state index contributed by atoms with van der Waals surface area (Å²) in [5, 5.41) is 9.36. The van der Waals surface area contributed by atoms with Gasteiger partial charge in [-0.25, -0.2) is 0 Å². The topological polar surface area (TPSA) is 54.2 Å². The molecular weight excluding hydrogens is 248 g/mol. The lowest BCUT2D eigenvalue weighted by Gasteiger charge is -2.36. The number of rotatable bonds is 5. The largest absolute Gasteiger partial charge is 0.333 e. The van der Waals surface area contributed by atoms with E-state index >= 15 is 0 Å². The van der Waals surface area contributed by atoms with Gasteiger partial charge in [0.15, 0.2) is 5.82 Å². The van der Waals surface area contributed by atoms with Gasteiger partial charge in [0.2, 0.25) is 0 Å². The van der Waals surface area contributed by atoms with Crippen LogP contribution in [0, 0.1) is 0 Å². The minimum atomic E-state index is 0.610. The molecule has 1 aliphatic heterocycles. The zero-order valence-corrected chi connectivity index (χ0v) is 11.1. The van der Waals surface area contributed by atoms with Crippen LogP contribution in [-0.2, 0) is 6.54 Å². The van der Waals surface area contributed by atoms with Crippen molar-refractivity contribution in [3.05, 3.63) is 23.3 Å². The zero-order valence-electron chi connectivity index (χ0n) is 10.3. The van der Waals surface area contributed by atoms with Crippen molar-refractivity contribution in [3.8, 4) is 10.8 Å². The molecule has 18 heavy (non-hydrogen) atoms. The van der Waals surface area contributed by atoms with E-state index in [2.05, 4.69) is 27.3 Å². The Morgan fingerprint density at radius 2 is 2.44 bits per heavy atom. The normalized spacial score (nSPS) is 16.1. The Morgan fingerprint density at radius 3 is 3.06 bits per heavy atom. The van der Waals surface area contributed by atoms with Gasteiger partial charge in [-0.1, -0.05) is 18.1 Å². The van der Waals surface area contributed by atoms with Gasteiger partial charge in [0.1, 0.15) is 0 Å². The molecule has 2 aromatic rings. The number of thiophene rings is 1. The maximum Gasteiger partial charge on any atom is 0.268 e. The number of hydrogen-bond donors (Lipinski definition) is 1. The van der Waals surface area contributed by atoms with Crippen LogP contribution in [0.1, 0.15) is 12.7 Å². The lowest BCUT2D eigenvalue weighted by molar-refractivity contribution is 0.140. The molecule has 0 aliphatic carbocycles. The van der Waals surface area contributed by atoms with E-state index in [0.29, 0.717) is 11.9 Å². The molecule has 2 aromatic heterocycles. The highest BCUT2D eigenvalue weighted by Crippen LogP contribution is 2.22. The highest BCUT2D eigenvalue weighted by Gasteiger charge is 2.24. The molecule has 1 fully saturated rings. The van der Waals surface area contributed by atoms with E-state index in [4.69, 9.17) is 4.52 Å². The van der Waals surface area contributed by atoms with Crippen LogP contribution in [0.2, 0.25) is 0 Å². The molecule has 0 atom stereocenters. The van der Waals surface area contributed by atoms with Gasteiger partial charge in [-0.2, -0.15) is 4.98 Å². The first-order valence-corrected chi connectivity index (χ1v) is 7.06. The van der Waals surface area contributed by atoms with Gasteiger partial charge in [0.05, 0.1) is 11.4 Å². The molecule has 1 saturated heterocycles. The van der Waals surface area contributed by atoms with E-state index < -0.39 is 0 Å². The Morgan fingerprint density at radius 1 is 1.56 bits per heavy atom. The van der Waals surface area contributed by atoms with Crippen LogP contribution >= 0.6 is 11.3 Å². The van der Waals surface area contributed by atoms with Crippen LogP contribution < -0.4 is 5.32 Å². The van der Waals surface area contributed by atoms with Gasteiger partial charge in [-0.3, -0.25) is 4.90 Å². The van der Waals surface area contributed by atoms with Crippen LogP contribution in [0.4, 0.5) is 0 Å². The van der Waals surface area contributed by atoms with Crippen molar-refractivity contribution in [1.82, 2.24) is 20.4 Å². The van der Waals surface area contributed by atoms with Crippen molar-refractivity contribution in [1.29, 1.82) is 0 Å². The summed E-state index contributed by atoms with van der Waals surface area (Å²) in [6.45, 7) is 6.05. The predicted octanol–water partition coefficient (Wildman–Crippen LogP) is 1.59. The first kappa shape index (κ1) is 11.8. The summed E-state index contributed by atoms with van der Waals surface area (Å²) in [5.74, 6) is 1.40. The molecular formula is C12H16N4OS. The standard InChI is InChI=1S/C12H16N4OS/c1-2-16(9-6-13-7-9)8-11-14-12(17-15-11)10-4-3-5-18-10/h3-5,9,13H,2,6-8H2,1H3. The van der Waals surface area contributed by atoms with Crippen LogP contribution in [-0.4, -0.2) is 40.7 Å². The van der Waals surface area contributed by atoms with Gasteiger partial charge in [-0.05, 0) is 18.0 Å². The van der Waals surface area contributed by atoms with Crippen LogP contribution in [0.15, 0.2) is 22.0 Å². The van der Waals surface area contributed by atoms with Gasteiger partial charge < -0.3 is 9.84 Å². The van der Waals surface area contributed by atoms with Crippen LogP contribution in [0.3, 0.4) is 0 Å². The fourth-order valence-electron chi connectivity index (χ4n) is 2.03. The second kappa shape index (κ2) is 5.17. The van der Waals surface area contributed by atoms with E-state index in [1.807, 2.05) is 17.5 Å². The van der Waals surface area contributed by atoms with Gasteiger partial charge >= 0.3 is 0 Å². The summed E-state index contributed by atoms with van der Waals surface area (Å²) < 4.78 is 5.29. The monoisotopic (exact) mass is 264 g/mol. The molecule has 5 nitrogen and oxygen atoms in total. The Bertz CT molecular complexity index is 492. The Balaban J connectivity index is 1.69. The van der Waals surface area contributed by atoms with Gasteiger partial charge in [0.25, 0.3) is 5.89 Å². The highest BCUT2D eigenvalue weighted by molar-refractivity contribution is 7.13. The smallest absolute Gasteiger partial charge is 0.268 e. The zero-order chi connectivity index (χ0) is 12.4. The molecule has 0 bridgehead atoms. The maximum atomic E-state index is 5.29. The third kappa shape index (κ3) is 2.31. The molecule has 3 rings (SSSR count). The van der Waals surface area contributed by atoms with Crippen molar-refractivity contribution in [2.45, 2.75) is 19.5 Å². The van der Waals surface area contributed by atoms with Crippen molar-refractivity contribution in [3.63, 3.8) is 0 Å². The van der Waals surface area contributed by atoms with E-state index in [1.54, 1.807) is 11.3 Å². The maximum absolute atomic E-state index is 5.29. The third-order valence-corrected chi connectivity index (χ3v) is 4.08. The molecule has 3 heterocycles. The van der Waals surface area contributed by atoms with E-state index in [-0.39, 0.29) is 0 Å². The first-order chi connectivity index (χ1) is 8.86. The number of nitrogens with one attached hydrogen (secondary N) is 1. The second-order valence-corrected chi connectivity index (χ2v) is 5.32. The summed E-state index contributed by atoms with van der Waals surface area (Å²) in [4.78, 5) is 7.86. The molecule has 1 aliphatic rings.